The maximum Gasteiger partial charge on any atom is 0.0575 e. The van der Waals surface area contributed by atoms with Crippen molar-refractivity contribution >= 4 is 0 Å². The average molecular weight is 255 g/mol. The highest BCUT2D eigenvalue weighted by Gasteiger charge is 2.13. The van der Waals surface area contributed by atoms with E-state index in [0.29, 0.717) is 6.10 Å². The minimum atomic E-state index is 0.570. The van der Waals surface area contributed by atoms with Gasteiger partial charge in [-0.15, -0.1) is 0 Å². The minimum absolute atomic E-state index is 0.570. The Morgan fingerprint density at radius 1 is 1.06 bits per heavy atom. The van der Waals surface area contributed by atoms with Crippen molar-refractivity contribution < 1.29 is 4.74 Å². The molecule has 0 saturated heterocycles. The molecule has 0 aromatic heterocycles. The van der Waals surface area contributed by atoms with Gasteiger partial charge in [-0.25, -0.2) is 0 Å². The van der Waals surface area contributed by atoms with Crippen molar-refractivity contribution in [2.75, 3.05) is 13.2 Å². The fourth-order valence-electron chi connectivity index (χ4n) is 2.91. The first-order valence-electron chi connectivity index (χ1n) is 8.21. The second kappa shape index (κ2) is 10.8. The van der Waals surface area contributed by atoms with Crippen LogP contribution in [0.2, 0.25) is 0 Å². The Morgan fingerprint density at radius 2 is 1.72 bits per heavy atom. The molecular weight excluding hydrogens is 222 g/mol. The molecule has 0 amide bonds. The standard InChI is InChI=1S/C16H33NO/c1-3-9-15(10-4-2)17-13-8-14-18-16-11-6-5-7-12-16/h15-17H,3-14H2,1-2H3. The number of nitrogens with one attached hydrogen (secondary N) is 1. The topological polar surface area (TPSA) is 21.3 Å². The van der Waals surface area contributed by atoms with Gasteiger partial charge in [0.2, 0.25) is 0 Å². The molecule has 0 aliphatic heterocycles. The predicted octanol–water partition coefficient (Wildman–Crippen LogP) is 4.28. The molecule has 0 atom stereocenters. The van der Waals surface area contributed by atoms with Crippen LogP contribution in [0.5, 0.6) is 0 Å². The van der Waals surface area contributed by atoms with Gasteiger partial charge in [0, 0.05) is 12.6 Å². The SMILES string of the molecule is CCCC(CCC)NCCCOC1CCCCC1. The highest BCUT2D eigenvalue weighted by molar-refractivity contribution is 4.67. The molecule has 1 N–H and O–H groups in total. The van der Waals surface area contributed by atoms with Gasteiger partial charge in [0.1, 0.15) is 0 Å². The molecule has 0 unspecified atom stereocenters. The lowest BCUT2D eigenvalue weighted by Crippen LogP contribution is -2.30. The Hall–Kier alpha value is -0.0800. The van der Waals surface area contributed by atoms with E-state index in [9.17, 15) is 0 Å². The van der Waals surface area contributed by atoms with Crippen molar-refractivity contribution in [3.05, 3.63) is 0 Å². The van der Waals surface area contributed by atoms with Crippen LogP contribution in [0, 0.1) is 0 Å². The van der Waals surface area contributed by atoms with E-state index in [2.05, 4.69) is 19.2 Å². The summed E-state index contributed by atoms with van der Waals surface area (Å²) in [5.74, 6) is 0. The van der Waals surface area contributed by atoms with E-state index >= 15 is 0 Å². The molecule has 1 aliphatic rings. The molecule has 0 bridgehead atoms. The first-order valence-corrected chi connectivity index (χ1v) is 8.21. The molecule has 0 radical (unpaired) electrons. The summed E-state index contributed by atoms with van der Waals surface area (Å²) in [6.07, 6.45) is 13.7. The van der Waals surface area contributed by atoms with Gasteiger partial charge in [-0.05, 0) is 38.6 Å². The third-order valence-corrected chi connectivity index (χ3v) is 3.93. The summed E-state index contributed by atoms with van der Waals surface area (Å²) in [7, 11) is 0. The molecule has 2 heteroatoms. The lowest BCUT2D eigenvalue weighted by molar-refractivity contribution is 0.0270. The van der Waals surface area contributed by atoms with Gasteiger partial charge in [0.05, 0.1) is 6.10 Å². The summed E-state index contributed by atoms with van der Waals surface area (Å²) in [6.45, 7) is 6.62. The van der Waals surface area contributed by atoms with E-state index in [0.717, 1.165) is 19.2 Å². The van der Waals surface area contributed by atoms with Gasteiger partial charge in [-0.1, -0.05) is 46.0 Å². The van der Waals surface area contributed by atoms with Crippen molar-refractivity contribution in [1.29, 1.82) is 0 Å². The van der Waals surface area contributed by atoms with Crippen LogP contribution in [0.3, 0.4) is 0 Å². The summed E-state index contributed by atoms with van der Waals surface area (Å²) in [4.78, 5) is 0. The largest absolute Gasteiger partial charge is 0.378 e. The average Bonchev–Trinajstić information content (AvgIpc) is 2.40. The summed E-state index contributed by atoms with van der Waals surface area (Å²) >= 11 is 0. The van der Waals surface area contributed by atoms with E-state index in [4.69, 9.17) is 4.74 Å². The second-order valence-corrected chi connectivity index (χ2v) is 5.71. The molecule has 0 heterocycles. The van der Waals surface area contributed by atoms with E-state index < -0.39 is 0 Å². The van der Waals surface area contributed by atoms with Gasteiger partial charge >= 0.3 is 0 Å². The number of rotatable bonds is 10. The van der Waals surface area contributed by atoms with Crippen LogP contribution >= 0.6 is 0 Å². The number of hydrogen-bond acceptors (Lipinski definition) is 2. The number of ether oxygens (including phenoxy) is 1. The van der Waals surface area contributed by atoms with Crippen LogP contribution in [0.1, 0.15) is 78.1 Å². The maximum atomic E-state index is 5.94. The van der Waals surface area contributed by atoms with Gasteiger partial charge in [0.25, 0.3) is 0 Å². The summed E-state index contributed by atoms with van der Waals surface area (Å²) in [5.41, 5.74) is 0. The van der Waals surface area contributed by atoms with Crippen molar-refractivity contribution in [2.24, 2.45) is 0 Å². The first kappa shape index (κ1) is 16.0. The molecule has 2 nitrogen and oxygen atoms in total. The molecule has 1 rings (SSSR count). The summed E-state index contributed by atoms with van der Waals surface area (Å²) in [5, 5.41) is 3.68. The quantitative estimate of drug-likeness (QED) is 0.588. The molecule has 0 aromatic rings. The Morgan fingerprint density at radius 3 is 2.33 bits per heavy atom. The van der Waals surface area contributed by atoms with E-state index in [1.165, 1.54) is 64.2 Å². The predicted molar refractivity (Wildman–Crippen MR) is 79.0 cm³/mol. The summed E-state index contributed by atoms with van der Waals surface area (Å²) < 4.78 is 5.94. The molecule has 18 heavy (non-hydrogen) atoms. The van der Waals surface area contributed by atoms with Gasteiger partial charge in [0.15, 0.2) is 0 Å². The van der Waals surface area contributed by atoms with Crippen LogP contribution in [0.25, 0.3) is 0 Å². The lowest BCUT2D eigenvalue weighted by atomic mass is 9.98. The van der Waals surface area contributed by atoms with E-state index in [-0.39, 0.29) is 0 Å². The number of hydrogen-bond donors (Lipinski definition) is 1. The first-order chi connectivity index (χ1) is 8.86. The van der Waals surface area contributed by atoms with Crippen molar-refractivity contribution in [2.45, 2.75) is 90.2 Å². The smallest absolute Gasteiger partial charge is 0.0575 e. The van der Waals surface area contributed by atoms with Crippen LogP contribution in [0.15, 0.2) is 0 Å². The highest BCUT2D eigenvalue weighted by Crippen LogP contribution is 2.20. The minimum Gasteiger partial charge on any atom is -0.378 e. The summed E-state index contributed by atoms with van der Waals surface area (Å²) in [6, 6.07) is 0.731. The highest BCUT2D eigenvalue weighted by atomic mass is 16.5. The molecular formula is C16H33NO. The van der Waals surface area contributed by atoms with E-state index in [1.54, 1.807) is 0 Å². The van der Waals surface area contributed by atoms with Gasteiger partial charge in [-0.2, -0.15) is 0 Å². The fraction of sp³-hybridized carbons (Fsp3) is 1.00. The van der Waals surface area contributed by atoms with Crippen molar-refractivity contribution in [3.8, 4) is 0 Å². The Kier molecular flexibility index (Phi) is 9.59. The van der Waals surface area contributed by atoms with E-state index in [1.807, 2.05) is 0 Å². The molecule has 1 aliphatic carbocycles. The third kappa shape index (κ3) is 7.38. The zero-order valence-electron chi connectivity index (χ0n) is 12.5. The van der Waals surface area contributed by atoms with Gasteiger partial charge < -0.3 is 10.1 Å². The normalized spacial score (nSPS) is 17.5. The molecule has 1 fully saturated rings. The Balaban J connectivity index is 1.95. The zero-order chi connectivity index (χ0) is 13.1. The molecule has 1 saturated carbocycles. The zero-order valence-corrected chi connectivity index (χ0v) is 12.5. The molecule has 0 spiro atoms. The van der Waals surface area contributed by atoms with Crippen molar-refractivity contribution in [1.82, 2.24) is 5.32 Å². The van der Waals surface area contributed by atoms with Crippen molar-refractivity contribution in [3.63, 3.8) is 0 Å². The monoisotopic (exact) mass is 255 g/mol. The van der Waals surface area contributed by atoms with Crippen LogP contribution < -0.4 is 5.32 Å². The second-order valence-electron chi connectivity index (χ2n) is 5.71. The van der Waals surface area contributed by atoms with Crippen LogP contribution in [-0.4, -0.2) is 25.3 Å². The van der Waals surface area contributed by atoms with Crippen LogP contribution in [0.4, 0.5) is 0 Å². The van der Waals surface area contributed by atoms with Crippen LogP contribution in [-0.2, 0) is 4.74 Å². The molecule has 0 aromatic carbocycles. The maximum absolute atomic E-state index is 5.94. The Bertz CT molecular complexity index is 172. The Labute approximate surface area is 114 Å². The lowest BCUT2D eigenvalue weighted by Gasteiger charge is -2.22. The molecule has 108 valence electrons. The van der Waals surface area contributed by atoms with Gasteiger partial charge in [-0.3, -0.25) is 0 Å². The fourth-order valence-corrected chi connectivity index (χ4v) is 2.91. The third-order valence-electron chi connectivity index (χ3n) is 3.93.